The highest BCUT2D eigenvalue weighted by atomic mass is 16.5. The third-order valence-electron chi connectivity index (χ3n) is 2.73. The summed E-state index contributed by atoms with van der Waals surface area (Å²) in [5.74, 6) is 0.790. The first-order chi connectivity index (χ1) is 8.79. The van der Waals surface area contributed by atoms with E-state index in [0.29, 0.717) is 0 Å². The summed E-state index contributed by atoms with van der Waals surface area (Å²) in [6.07, 6.45) is 3.09. The van der Waals surface area contributed by atoms with Gasteiger partial charge in [0.15, 0.2) is 0 Å². The van der Waals surface area contributed by atoms with Crippen LogP contribution in [0.5, 0.6) is 5.75 Å². The summed E-state index contributed by atoms with van der Waals surface area (Å²) in [6, 6.07) is 17.3. The average molecular weight is 240 g/mol. The van der Waals surface area contributed by atoms with Crippen molar-refractivity contribution in [3.05, 3.63) is 71.8 Å². The number of aliphatic hydroxyl groups excluding tert-OH is 1. The number of hydrogen-bond donors (Lipinski definition) is 1. The van der Waals surface area contributed by atoms with Crippen LogP contribution < -0.4 is 4.74 Å². The molecule has 2 aromatic rings. The van der Waals surface area contributed by atoms with Crippen molar-refractivity contribution in [2.24, 2.45) is 0 Å². The van der Waals surface area contributed by atoms with E-state index in [1.807, 2.05) is 60.7 Å². The average Bonchev–Trinajstić information content (AvgIpc) is 2.46. The number of rotatable bonds is 4. The molecule has 92 valence electrons. The molecule has 0 aromatic heterocycles. The Morgan fingerprint density at radius 2 is 1.67 bits per heavy atom. The molecule has 0 fully saturated rings. The van der Waals surface area contributed by atoms with E-state index in [1.54, 1.807) is 13.2 Å². The van der Waals surface area contributed by atoms with Gasteiger partial charge in [-0.2, -0.15) is 0 Å². The van der Waals surface area contributed by atoms with Crippen molar-refractivity contribution in [2.45, 2.75) is 6.10 Å². The van der Waals surface area contributed by atoms with Crippen molar-refractivity contribution in [3.63, 3.8) is 0 Å². The van der Waals surface area contributed by atoms with Crippen LogP contribution in [0.4, 0.5) is 0 Å². The van der Waals surface area contributed by atoms with E-state index in [2.05, 4.69) is 0 Å². The Kier molecular flexibility index (Phi) is 4.15. The zero-order valence-electron chi connectivity index (χ0n) is 10.3. The van der Waals surface area contributed by atoms with Gasteiger partial charge in [-0.15, -0.1) is 0 Å². The first-order valence-corrected chi connectivity index (χ1v) is 5.85. The van der Waals surface area contributed by atoms with Crippen LogP contribution in [-0.2, 0) is 0 Å². The molecule has 0 spiro atoms. The van der Waals surface area contributed by atoms with Gasteiger partial charge in [0, 0.05) is 0 Å². The Morgan fingerprint density at radius 1 is 1.00 bits per heavy atom. The van der Waals surface area contributed by atoms with E-state index in [4.69, 9.17) is 4.74 Å². The van der Waals surface area contributed by atoms with Crippen LogP contribution in [-0.4, -0.2) is 12.2 Å². The van der Waals surface area contributed by atoms with Crippen LogP contribution in [0.25, 0.3) is 6.08 Å². The smallest absolute Gasteiger partial charge is 0.118 e. The van der Waals surface area contributed by atoms with E-state index in [9.17, 15) is 5.11 Å². The summed E-state index contributed by atoms with van der Waals surface area (Å²) >= 11 is 0. The van der Waals surface area contributed by atoms with Crippen LogP contribution in [0.1, 0.15) is 17.2 Å². The molecule has 0 heterocycles. The normalized spacial score (nSPS) is 12.6. The molecule has 0 aliphatic rings. The largest absolute Gasteiger partial charge is 0.497 e. The maximum absolute atomic E-state index is 10.0. The summed E-state index contributed by atoms with van der Waals surface area (Å²) in [4.78, 5) is 0. The second-order valence-corrected chi connectivity index (χ2v) is 3.99. The summed E-state index contributed by atoms with van der Waals surface area (Å²) in [6.45, 7) is 0. The van der Waals surface area contributed by atoms with Gasteiger partial charge in [-0.05, 0) is 23.3 Å². The van der Waals surface area contributed by atoms with Crippen LogP contribution in [0.15, 0.2) is 60.7 Å². The van der Waals surface area contributed by atoms with Crippen molar-refractivity contribution in [1.29, 1.82) is 0 Å². The Labute approximate surface area is 107 Å². The van der Waals surface area contributed by atoms with Crippen LogP contribution in [0.2, 0.25) is 0 Å². The van der Waals surface area contributed by atoms with Crippen LogP contribution in [0, 0.1) is 0 Å². The summed E-state index contributed by atoms with van der Waals surface area (Å²) in [7, 11) is 1.63. The lowest BCUT2D eigenvalue weighted by Gasteiger charge is -2.07. The van der Waals surface area contributed by atoms with Crippen molar-refractivity contribution >= 4 is 6.08 Å². The lowest BCUT2D eigenvalue weighted by atomic mass is 10.1. The molecular weight excluding hydrogens is 224 g/mol. The van der Waals surface area contributed by atoms with Gasteiger partial charge >= 0.3 is 0 Å². The topological polar surface area (TPSA) is 29.5 Å². The molecule has 2 nitrogen and oxygen atoms in total. The molecule has 2 rings (SSSR count). The maximum atomic E-state index is 10.0. The Balaban J connectivity index is 2.07. The molecule has 0 bridgehead atoms. The molecule has 1 N–H and O–H groups in total. The third-order valence-corrected chi connectivity index (χ3v) is 2.73. The SMILES string of the molecule is COc1ccc(C(O)/C=C/c2ccccc2)cc1. The number of aliphatic hydroxyl groups is 1. The minimum atomic E-state index is -0.601. The highest BCUT2D eigenvalue weighted by Crippen LogP contribution is 2.19. The van der Waals surface area contributed by atoms with E-state index in [0.717, 1.165) is 16.9 Å². The quantitative estimate of drug-likeness (QED) is 0.887. The van der Waals surface area contributed by atoms with Gasteiger partial charge in [0.25, 0.3) is 0 Å². The zero-order chi connectivity index (χ0) is 12.8. The highest BCUT2D eigenvalue weighted by molar-refractivity contribution is 5.50. The van der Waals surface area contributed by atoms with Gasteiger partial charge in [0.05, 0.1) is 13.2 Å². The molecule has 2 aromatic carbocycles. The predicted octanol–water partition coefficient (Wildman–Crippen LogP) is 3.44. The van der Waals surface area contributed by atoms with Crippen molar-refractivity contribution < 1.29 is 9.84 Å². The highest BCUT2D eigenvalue weighted by Gasteiger charge is 2.02. The van der Waals surface area contributed by atoms with Gasteiger partial charge in [-0.1, -0.05) is 54.6 Å². The van der Waals surface area contributed by atoms with Crippen molar-refractivity contribution in [2.75, 3.05) is 7.11 Å². The first-order valence-electron chi connectivity index (χ1n) is 5.85. The first kappa shape index (κ1) is 12.4. The van der Waals surface area contributed by atoms with Gasteiger partial charge in [0.1, 0.15) is 5.75 Å². The van der Waals surface area contributed by atoms with Gasteiger partial charge in [-0.3, -0.25) is 0 Å². The molecule has 0 saturated carbocycles. The molecular formula is C16H16O2. The fraction of sp³-hybridized carbons (Fsp3) is 0.125. The lowest BCUT2D eigenvalue weighted by molar-refractivity contribution is 0.229. The number of methoxy groups -OCH3 is 1. The molecule has 0 radical (unpaired) electrons. The Hall–Kier alpha value is -2.06. The number of benzene rings is 2. The van der Waals surface area contributed by atoms with Gasteiger partial charge in [-0.25, -0.2) is 0 Å². The summed E-state index contributed by atoms with van der Waals surface area (Å²) < 4.78 is 5.08. The zero-order valence-corrected chi connectivity index (χ0v) is 10.3. The molecule has 0 aliphatic heterocycles. The lowest BCUT2D eigenvalue weighted by Crippen LogP contribution is -1.93. The minimum absolute atomic E-state index is 0.601. The van der Waals surface area contributed by atoms with E-state index >= 15 is 0 Å². The molecule has 0 saturated heterocycles. The van der Waals surface area contributed by atoms with E-state index < -0.39 is 6.10 Å². The second kappa shape index (κ2) is 6.03. The van der Waals surface area contributed by atoms with E-state index in [1.165, 1.54) is 0 Å². The molecule has 0 amide bonds. The number of hydrogen-bond acceptors (Lipinski definition) is 2. The monoisotopic (exact) mass is 240 g/mol. The Bertz CT molecular complexity index is 500. The summed E-state index contributed by atoms with van der Waals surface area (Å²) in [5.41, 5.74) is 1.92. The molecule has 1 atom stereocenters. The van der Waals surface area contributed by atoms with Crippen molar-refractivity contribution in [1.82, 2.24) is 0 Å². The number of ether oxygens (including phenoxy) is 1. The predicted molar refractivity (Wildman–Crippen MR) is 73.4 cm³/mol. The van der Waals surface area contributed by atoms with Crippen LogP contribution >= 0.6 is 0 Å². The third kappa shape index (κ3) is 3.22. The molecule has 0 aliphatic carbocycles. The Morgan fingerprint density at radius 3 is 2.28 bits per heavy atom. The summed E-state index contributed by atoms with van der Waals surface area (Å²) in [5, 5.41) is 10.0. The molecule has 2 heteroatoms. The maximum Gasteiger partial charge on any atom is 0.118 e. The second-order valence-electron chi connectivity index (χ2n) is 3.99. The minimum Gasteiger partial charge on any atom is -0.497 e. The van der Waals surface area contributed by atoms with Crippen molar-refractivity contribution in [3.8, 4) is 5.75 Å². The molecule has 18 heavy (non-hydrogen) atoms. The van der Waals surface area contributed by atoms with Gasteiger partial charge in [0.2, 0.25) is 0 Å². The van der Waals surface area contributed by atoms with Crippen LogP contribution in [0.3, 0.4) is 0 Å². The molecule has 1 unspecified atom stereocenters. The fourth-order valence-corrected chi connectivity index (χ4v) is 1.68. The standard InChI is InChI=1S/C16H16O2/c1-18-15-10-8-14(9-11-15)16(17)12-7-13-5-3-2-4-6-13/h2-12,16-17H,1H3/b12-7+. The van der Waals surface area contributed by atoms with Gasteiger partial charge < -0.3 is 9.84 Å². The fourth-order valence-electron chi connectivity index (χ4n) is 1.68. The van der Waals surface area contributed by atoms with E-state index in [-0.39, 0.29) is 0 Å².